The molecule has 22 heavy (non-hydrogen) atoms. The second kappa shape index (κ2) is 6.81. The summed E-state index contributed by atoms with van der Waals surface area (Å²) in [5.41, 5.74) is 2.67. The quantitative estimate of drug-likeness (QED) is 0.797. The Morgan fingerprint density at radius 3 is 2.68 bits per heavy atom. The topological polar surface area (TPSA) is 61.7 Å². The molecule has 114 valence electrons. The van der Waals surface area contributed by atoms with Crippen LogP contribution in [0.4, 0.5) is 11.4 Å². The minimum atomic E-state index is -0.155. The first-order valence-electron chi connectivity index (χ1n) is 6.47. The molecule has 0 atom stereocenters. The maximum absolute atomic E-state index is 11.1. The maximum atomic E-state index is 11.1. The van der Waals surface area contributed by atoms with Gasteiger partial charge in [0.25, 0.3) is 0 Å². The van der Waals surface area contributed by atoms with Crippen molar-refractivity contribution in [3.05, 3.63) is 51.5 Å². The number of phenolic OH excluding ortho intramolecular Hbond substituents is 1. The Hall–Kier alpha value is -2.04. The lowest BCUT2D eigenvalue weighted by Crippen LogP contribution is -2.05. The summed E-state index contributed by atoms with van der Waals surface area (Å²) in [7, 11) is 0. The lowest BCUT2D eigenvalue weighted by atomic mass is 10.1. The zero-order chi connectivity index (χ0) is 16.3. The number of aliphatic imine (C=N–C) groups is 1. The molecule has 0 fully saturated rings. The Bertz CT molecular complexity index is 758. The predicted molar refractivity (Wildman–Crippen MR) is 90.9 cm³/mol. The van der Waals surface area contributed by atoms with Crippen molar-refractivity contribution in [3.63, 3.8) is 0 Å². The third-order valence-electron chi connectivity index (χ3n) is 2.93. The van der Waals surface area contributed by atoms with Gasteiger partial charge in [0.2, 0.25) is 5.91 Å². The first-order valence-corrected chi connectivity index (χ1v) is 7.22. The van der Waals surface area contributed by atoms with Crippen LogP contribution in [0.5, 0.6) is 5.75 Å². The zero-order valence-corrected chi connectivity index (χ0v) is 13.5. The summed E-state index contributed by atoms with van der Waals surface area (Å²) in [4.78, 5) is 15.4. The first kappa shape index (κ1) is 16.3. The SMILES string of the molecule is CC(=O)Nc1ccc(C)c(N=Cc2cc(Cl)cc(Cl)c2O)c1. The molecule has 0 saturated carbocycles. The van der Waals surface area contributed by atoms with E-state index in [1.807, 2.05) is 13.0 Å². The van der Waals surface area contributed by atoms with Crippen LogP contribution in [0, 0.1) is 6.92 Å². The molecule has 0 aromatic heterocycles. The second-order valence-electron chi connectivity index (χ2n) is 4.77. The van der Waals surface area contributed by atoms with Crippen molar-refractivity contribution in [3.8, 4) is 5.75 Å². The average Bonchev–Trinajstić information content (AvgIpc) is 2.43. The molecule has 2 aromatic rings. The maximum Gasteiger partial charge on any atom is 0.221 e. The Balaban J connectivity index is 2.36. The Morgan fingerprint density at radius 1 is 1.27 bits per heavy atom. The van der Waals surface area contributed by atoms with Crippen molar-refractivity contribution < 1.29 is 9.90 Å². The van der Waals surface area contributed by atoms with Gasteiger partial charge in [0.15, 0.2) is 0 Å². The van der Waals surface area contributed by atoms with Gasteiger partial charge in [-0.05, 0) is 36.8 Å². The van der Waals surface area contributed by atoms with E-state index in [0.717, 1.165) is 5.56 Å². The van der Waals surface area contributed by atoms with Crippen LogP contribution >= 0.6 is 23.2 Å². The fourth-order valence-corrected chi connectivity index (χ4v) is 2.36. The first-order chi connectivity index (χ1) is 10.4. The molecule has 2 N–H and O–H groups in total. The summed E-state index contributed by atoms with van der Waals surface area (Å²) in [6.07, 6.45) is 1.48. The summed E-state index contributed by atoms with van der Waals surface area (Å²) >= 11 is 11.8. The monoisotopic (exact) mass is 336 g/mol. The number of carbonyl (C=O) groups excluding carboxylic acids is 1. The molecule has 2 rings (SSSR count). The van der Waals surface area contributed by atoms with E-state index in [2.05, 4.69) is 10.3 Å². The van der Waals surface area contributed by atoms with Gasteiger partial charge in [-0.3, -0.25) is 9.79 Å². The van der Waals surface area contributed by atoms with Crippen molar-refractivity contribution in [2.24, 2.45) is 4.99 Å². The second-order valence-corrected chi connectivity index (χ2v) is 5.61. The predicted octanol–water partition coefficient (Wildman–Crippen LogP) is 4.72. The fourth-order valence-electron chi connectivity index (χ4n) is 1.85. The van der Waals surface area contributed by atoms with Gasteiger partial charge in [-0.25, -0.2) is 0 Å². The number of halogens is 2. The van der Waals surface area contributed by atoms with E-state index in [1.165, 1.54) is 19.2 Å². The van der Waals surface area contributed by atoms with E-state index >= 15 is 0 Å². The lowest BCUT2D eigenvalue weighted by molar-refractivity contribution is -0.114. The minimum Gasteiger partial charge on any atom is -0.506 e. The molecule has 4 nitrogen and oxygen atoms in total. The number of benzene rings is 2. The summed E-state index contributed by atoms with van der Waals surface area (Å²) in [5, 5.41) is 13.2. The van der Waals surface area contributed by atoms with Gasteiger partial charge in [-0.15, -0.1) is 0 Å². The molecule has 2 aromatic carbocycles. The molecular formula is C16H14Cl2N2O2. The Kier molecular flexibility index (Phi) is 5.06. The van der Waals surface area contributed by atoms with E-state index < -0.39 is 0 Å². The van der Waals surface area contributed by atoms with E-state index in [-0.39, 0.29) is 16.7 Å². The van der Waals surface area contributed by atoms with Crippen LogP contribution in [-0.4, -0.2) is 17.2 Å². The zero-order valence-electron chi connectivity index (χ0n) is 12.0. The summed E-state index contributed by atoms with van der Waals surface area (Å²) in [6, 6.07) is 8.42. The number of hydrogen-bond donors (Lipinski definition) is 2. The normalized spacial score (nSPS) is 10.9. The van der Waals surface area contributed by atoms with Crippen LogP contribution in [0.3, 0.4) is 0 Å². The van der Waals surface area contributed by atoms with Crippen molar-refractivity contribution in [2.45, 2.75) is 13.8 Å². The van der Waals surface area contributed by atoms with Crippen LogP contribution in [-0.2, 0) is 4.79 Å². The number of aryl methyl sites for hydroxylation is 1. The number of hydrogen-bond acceptors (Lipinski definition) is 3. The van der Waals surface area contributed by atoms with Crippen molar-refractivity contribution in [1.29, 1.82) is 0 Å². The highest BCUT2D eigenvalue weighted by atomic mass is 35.5. The summed E-state index contributed by atoms with van der Waals surface area (Å²) < 4.78 is 0. The average molecular weight is 337 g/mol. The molecule has 0 aliphatic heterocycles. The van der Waals surface area contributed by atoms with E-state index in [9.17, 15) is 9.90 Å². The van der Waals surface area contributed by atoms with Gasteiger partial charge in [-0.2, -0.15) is 0 Å². The standard InChI is InChI=1S/C16H14Cl2N2O2/c1-9-3-4-13(20-10(2)21)7-15(9)19-8-11-5-12(17)6-14(18)16(11)22/h3-8,22H,1-2H3,(H,20,21). The van der Waals surface area contributed by atoms with Gasteiger partial charge in [0, 0.05) is 29.4 Å². The third kappa shape index (κ3) is 4.00. The number of nitrogens with one attached hydrogen (secondary N) is 1. The largest absolute Gasteiger partial charge is 0.506 e. The highest BCUT2D eigenvalue weighted by molar-refractivity contribution is 6.36. The van der Waals surface area contributed by atoms with Crippen molar-refractivity contribution >= 4 is 46.7 Å². The molecule has 0 aliphatic rings. The Morgan fingerprint density at radius 2 is 2.00 bits per heavy atom. The molecule has 0 bridgehead atoms. The Labute approximate surface area is 138 Å². The van der Waals surface area contributed by atoms with Gasteiger partial charge < -0.3 is 10.4 Å². The van der Waals surface area contributed by atoms with Crippen LogP contribution in [0.2, 0.25) is 10.0 Å². The van der Waals surface area contributed by atoms with Crippen LogP contribution in [0.15, 0.2) is 35.3 Å². The summed E-state index contributed by atoms with van der Waals surface area (Å²) in [5.74, 6) is -0.233. The van der Waals surface area contributed by atoms with Gasteiger partial charge in [-0.1, -0.05) is 29.3 Å². The van der Waals surface area contributed by atoms with Crippen molar-refractivity contribution in [1.82, 2.24) is 0 Å². The minimum absolute atomic E-state index is 0.0783. The van der Waals surface area contributed by atoms with Gasteiger partial charge in [0.05, 0.1) is 10.7 Å². The number of aromatic hydroxyl groups is 1. The number of carbonyl (C=O) groups is 1. The van der Waals surface area contributed by atoms with Gasteiger partial charge >= 0.3 is 0 Å². The molecule has 6 heteroatoms. The number of rotatable bonds is 3. The highest BCUT2D eigenvalue weighted by Gasteiger charge is 2.06. The smallest absolute Gasteiger partial charge is 0.221 e. The number of phenols is 1. The number of nitrogens with zero attached hydrogens (tertiary/aromatic N) is 1. The highest BCUT2D eigenvalue weighted by Crippen LogP contribution is 2.31. The van der Waals surface area contributed by atoms with Crippen LogP contribution < -0.4 is 5.32 Å². The number of anilines is 1. The molecule has 0 aliphatic carbocycles. The molecule has 1 amide bonds. The summed E-state index contributed by atoms with van der Waals surface area (Å²) in [6.45, 7) is 3.34. The van der Waals surface area contributed by atoms with Crippen LogP contribution in [0.25, 0.3) is 0 Å². The van der Waals surface area contributed by atoms with E-state index in [1.54, 1.807) is 18.2 Å². The third-order valence-corrected chi connectivity index (χ3v) is 3.44. The molecule has 0 heterocycles. The van der Waals surface area contributed by atoms with Crippen LogP contribution in [0.1, 0.15) is 18.1 Å². The van der Waals surface area contributed by atoms with Gasteiger partial charge in [0.1, 0.15) is 5.75 Å². The van der Waals surface area contributed by atoms with E-state index in [0.29, 0.717) is 22.0 Å². The molecule has 0 unspecified atom stereocenters. The van der Waals surface area contributed by atoms with Crippen molar-refractivity contribution in [2.75, 3.05) is 5.32 Å². The van der Waals surface area contributed by atoms with E-state index in [4.69, 9.17) is 23.2 Å². The lowest BCUT2D eigenvalue weighted by Gasteiger charge is -2.06. The fraction of sp³-hybridized carbons (Fsp3) is 0.125. The molecule has 0 spiro atoms. The molecule has 0 saturated heterocycles. The molecular weight excluding hydrogens is 323 g/mol. The number of amides is 1. The molecule has 0 radical (unpaired) electrons.